The Labute approximate surface area is 197 Å². The Morgan fingerprint density at radius 1 is 1.12 bits per heavy atom. The largest absolute Gasteiger partial charge is 0.368 e. The molecule has 3 aliphatic rings. The number of hydrogen-bond acceptors (Lipinski definition) is 5. The molecule has 33 heavy (non-hydrogen) atoms. The van der Waals surface area contributed by atoms with Gasteiger partial charge in [-0.1, -0.05) is 18.7 Å². The van der Waals surface area contributed by atoms with E-state index in [4.69, 9.17) is 0 Å². The van der Waals surface area contributed by atoms with Crippen LogP contribution in [0.4, 0.5) is 5.69 Å². The number of pyridine rings is 1. The Bertz CT molecular complexity index is 869. The summed E-state index contributed by atoms with van der Waals surface area (Å²) in [6.45, 7) is 8.55. The van der Waals surface area contributed by atoms with Crippen LogP contribution >= 0.6 is 0 Å². The number of aromatic nitrogens is 1. The van der Waals surface area contributed by atoms with E-state index in [9.17, 15) is 9.59 Å². The number of anilines is 1. The van der Waals surface area contributed by atoms with Gasteiger partial charge < -0.3 is 15.5 Å². The van der Waals surface area contributed by atoms with Crippen molar-refractivity contribution in [2.45, 2.75) is 44.6 Å². The van der Waals surface area contributed by atoms with Crippen LogP contribution in [0.15, 0.2) is 42.6 Å². The molecule has 0 aromatic carbocycles. The smallest absolute Gasteiger partial charge is 0.269 e. The fourth-order valence-electron chi connectivity index (χ4n) is 5.11. The molecule has 4 rings (SSSR count). The SMILES string of the molecule is C=C/C=C(/CC1CC1)C(=O)NC[C@@H]1CC[C@H](N2CCN(c3ccc(C(=O)NC)nc3)CC2)C1. The third kappa shape index (κ3) is 6.22. The Morgan fingerprint density at radius 2 is 1.88 bits per heavy atom. The molecule has 0 spiro atoms. The summed E-state index contributed by atoms with van der Waals surface area (Å²) >= 11 is 0. The molecule has 0 unspecified atom stereocenters. The zero-order valence-electron chi connectivity index (χ0n) is 19.8. The molecular formula is C26H37N5O2. The molecule has 3 fully saturated rings. The van der Waals surface area contributed by atoms with Crippen molar-refractivity contribution in [1.82, 2.24) is 20.5 Å². The van der Waals surface area contributed by atoms with Crippen molar-refractivity contribution in [3.8, 4) is 0 Å². The summed E-state index contributed by atoms with van der Waals surface area (Å²) < 4.78 is 0. The predicted molar refractivity (Wildman–Crippen MR) is 131 cm³/mol. The fourth-order valence-corrected chi connectivity index (χ4v) is 5.11. The van der Waals surface area contributed by atoms with E-state index in [1.807, 2.05) is 12.1 Å². The van der Waals surface area contributed by atoms with Crippen molar-refractivity contribution in [2.24, 2.45) is 11.8 Å². The van der Waals surface area contributed by atoms with Crippen molar-refractivity contribution < 1.29 is 9.59 Å². The van der Waals surface area contributed by atoms with Gasteiger partial charge in [-0.25, -0.2) is 4.98 Å². The van der Waals surface area contributed by atoms with E-state index in [1.165, 1.54) is 25.7 Å². The molecule has 1 saturated heterocycles. The number of rotatable bonds is 9. The molecule has 2 saturated carbocycles. The summed E-state index contributed by atoms with van der Waals surface area (Å²) in [6.07, 6.45) is 12.3. The molecule has 7 heteroatoms. The summed E-state index contributed by atoms with van der Waals surface area (Å²) in [5.41, 5.74) is 2.41. The molecular weight excluding hydrogens is 414 g/mol. The van der Waals surface area contributed by atoms with Crippen molar-refractivity contribution in [2.75, 3.05) is 44.7 Å². The van der Waals surface area contributed by atoms with Crippen molar-refractivity contribution in [3.63, 3.8) is 0 Å². The average Bonchev–Trinajstić information content (AvgIpc) is 3.55. The molecule has 2 aliphatic carbocycles. The molecule has 178 valence electrons. The number of carbonyl (C=O) groups excluding carboxylic acids is 2. The van der Waals surface area contributed by atoms with Gasteiger partial charge in [-0.3, -0.25) is 14.5 Å². The lowest BCUT2D eigenvalue weighted by atomic mass is 10.1. The normalized spacial score (nSPS) is 23.9. The molecule has 0 bridgehead atoms. The first kappa shape index (κ1) is 23.5. The van der Waals surface area contributed by atoms with Crippen LogP contribution in [0.3, 0.4) is 0 Å². The highest BCUT2D eigenvalue weighted by Crippen LogP contribution is 2.35. The standard InChI is InChI=1S/C26H37N5O2/c1-3-4-21(15-19-5-6-19)25(32)29-17-20-7-8-22(16-20)30-11-13-31(14-12-30)23-9-10-24(28-18-23)26(33)27-2/h3-4,9-10,18-20,22H,1,5-8,11-17H2,2H3,(H,27,33)(H,29,32)/b21-4-/t20-,22+/m1/s1. The first-order valence-electron chi connectivity index (χ1n) is 12.3. The maximum Gasteiger partial charge on any atom is 0.269 e. The van der Waals surface area contributed by atoms with Crippen molar-refractivity contribution in [1.29, 1.82) is 0 Å². The molecule has 2 amide bonds. The van der Waals surface area contributed by atoms with Crippen LogP contribution in [-0.4, -0.2) is 67.5 Å². The van der Waals surface area contributed by atoms with Gasteiger partial charge >= 0.3 is 0 Å². The van der Waals surface area contributed by atoms with Gasteiger partial charge in [0.1, 0.15) is 5.69 Å². The van der Waals surface area contributed by atoms with Crippen LogP contribution in [0.1, 0.15) is 49.0 Å². The highest BCUT2D eigenvalue weighted by molar-refractivity contribution is 5.93. The monoisotopic (exact) mass is 451 g/mol. The minimum absolute atomic E-state index is 0.0925. The molecule has 2 atom stereocenters. The maximum atomic E-state index is 12.6. The van der Waals surface area contributed by atoms with Crippen LogP contribution in [0.2, 0.25) is 0 Å². The van der Waals surface area contributed by atoms with E-state index in [0.29, 0.717) is 23.6 Å². The van der Waals surface area contributed by atoms with Crippen LogP contribution < -0.4 is 15.5 Å². The summed E-state index contributed by atoms with van der Waals surface area (Å²) in [5, 5.41) is 5.80. The molecule has 1 aromatic rings. The average molecular weight is 452 g/mol. The minimum atomic E-state index is -0.158. The van der Waals surface area contributed by atoms with Gasteiger partial charge in [-0.15, -0.1) is 0 Å². The second kappa shape index (κ2) is 11.0. The number of piperazine rings is 1. The van der Waals surface area contributed by atoms with Crippen LogP contribution in [0.25, 0.3) is 0 Å². The van der Waals surface area contributed by atoms with Gasteiger partial charge in [0.2, 0.25) is 5.91 Å². The first-order valence-corrected chi connectivity index (χ1v) is 12.3. The zero-order chi connectivity index (χ0) is 23.2. The van der Waals surface area contributed by atoms with E-state index in [0.717, 1.165) is 56.8 Å². The molecule has 1 aliphatic heterocycles. The van der Waals surface area contributed by atoms with Crippen molar-refractivity contribution >= 4 is 17.5 Å². The van der Waals surface area contributed by atoms with E-state index in [2.05, 4.69) is 32.0 Å². The molecule has 2 heterocycles. The highest BCUT2D eigenvalue weighted by Gasteiger charge is 2.32. The number of allylic oxidation sites excluding steroid dienone is 2. The van der Waals surface area contributed by atoms with Crippen molar-refractivity contribution in [3.05, 3.63) is 48.3 Å². The van der Waals surface area contributed by atoms with Gasteiger partial charge in [0, 0.05) is 51.4 Å². The number of nitrogens with one attached hydrogen (secondary N) is 2. The molecule has 1 aromatic heterocycles. The second-order valence-electron chi connectivity index (χ2n) is 9.62. The summed E-state index contributed by atoms with van der Waals surface area (Å²) in [7, 11) is 1.62. The molecule has 2 N–H and O–H groups in total. The quantitative estimate of drug-likeness (QED) is 0.446. The zero-order valence-corrected chi connectivity index (χ0v) is 19.8. The summed E-state index contributed by atoms with van der Waals surface area (Å²) in [5.74, 6) is 1.19. The molecule has 0 radical (unpaired) electrons. The summed E-state index contributed by atoms with van der Waals surface area (Å²) in [4.78, 5) is 33.6. The van der Waals surface area contributed by atoms with Crippen LogP contribution in [-0.2, 0) is 4.79 Å². The Balaban J connectivity index is 1.20. The van der Waals surface area contributed by atoms with Gasteiger partial charge in [0.15, 0.2) is 0 Å². The van der Waals surface area contributed by atoms with E-state index >= 15 is 0 Å². The number of hydrogen-bond donors (Lipinski definition) is 2. The number of amides is 2. The van der Waals surface area contributed by atoms with Gasteiger partial charge in [0.05, 0.1) is 11.9 Å². The Kier molecular flexibility index (Phi) is 7.81. The van der Waals surface area contributed by atoms with Crippen LogP contribution in [0, 0.1) is 11.8 Å². The summed E-state index contributed by atoms with van der Waals surface area (Å²) in [6, 6.07) is 4.38. The third-order valence-corrected chi connectivity index (χ3v) is 7.28. The number of nitrogens with zero attached hydrogens (tertiary/aromatic N) is 3. The minimum Gasteiger partial charge on any atom is -0.368 e. The predicted octanol–water partition coefficient (Wildman–Crippen LogP) is 2.76. The second-order valence-corrected chi connectivity index (χ2v) is 9.62. The van der Waals surface area contributed by atoms with Gasteiger partial charge in [-0.05, 0) is 62.5 Å². The van der Waals surface area contributed by atoms with E-state index < -0.39 is 0 Å². The lowest BCUT2D eigenvalue weighted by molar-refractivity contribution is -0.117. The lowest BCUT2D eigenvalue weighted by Crippen LogP contribution is -2.50. The van der Waals surface area contributed by atoms with E-state index in [-0.39, 0.29) is 11.8 Å². The molecule has 7 nitrogen and oxygen atoms in total. The number of carbonyl (C=O) groups is 2. The van der Waals surface area contributed by atoms with E-state index in [1.54, 1.807) is 25.4 Å². The Hall–Kier alpha value is -2.67. The fraction of sp³-hybridized carbons (Fsp3) is 0.577. The highest BCUT2D eigenvalue weighted by atomic mass is 16.2. The first-order chi connectivity index (χ1) is 16.1. The van der Waals surface area contributed by atoms with Gasteiger partial charge in [-0.2, -0.15) is 0 Å². The van der Waals surface area contributed by atoms with Crippen LogP contribution in [0.5, 0.6) is 0 Å². The third-order valence-electron chi connectivity index (χ3n) is 7.28. The lowest BCUT2D eigenvalue weighted by Gasteiger charge is -2.39. The van der Waals surface area contributed by atoms with Gasteiger partial charge in [0.25, 0.3) is 5.91 Å². The topological polar surface area (TPSA) is 77.6 Å². The maximum absolute atomic E-state index is 12.6. The Morgan fingerprint density at radius 3 is 2.52 bits per heavy atom.